The van der Waals surface area contributed by atoms with E-state index in [0.29, 0.717) is 28.3 Å². The summed E-state index contributed by atoms with van der Waals surface area (Å²) in [7, 11) is 5.62. The smallest absolute Gasteiger partial charge is 0.266 e. The Balaban J connectivity index is 1.58. The molecule has 1 saturated carbocycles. The number of carbonyl (C=O) groups excluding carboxylic acids is 3. The summed E-state index contributed by atoms with van der Waals surface area (Å²) < 4.78 is 0. The molecule has 2 heterocycles. The number of carbonyl (C=O) groups is 3. The minimum atomic E-state index is -0.109. The number of anilines is 2. The number of benzene rings is 1. The van der Waals surface area contributed by atoms with Crippen LogP contribution in [-0.2, 0) is 14.4 Å². The molecule has 1 aliphatic heterocycles. The van der Waals surface area contributed by atoms with Crippen LogP contribution in [0.25, 0.3) is 6.08 Å². The van der Waals surface area contributed by atoms with Gasteiger partial charge in [-0.2, -0.15) is 0 Å². The molecule has 1 aromatic carbocycles. The molecular weight excluding hydrogens is 484 g/mol. The van der Waals surface area contributed by atoms with Crippen LogP contribution in [0.3, 0.4) is 0 Å². The van der Waals surface area contributed by atoms with Crippen LogP contribution < -0.4 is 10.2 Å². The van der Waals surface area contributed by atoms with Crippen molar-refractivity contribution in [3.05, 3.63) is 39.7 Å². The molecule has 0 bridgehead atoms. The number of hydrogen-bond donors (Lipinski definition) is 1. The van der Waals surface area contributed by atoms with Gasteiger partial charge in [0.15, 0.2) is 10.3 Å². The number of thioether (sulfide) groups is 1. The monoisotopic (exact) mass is 512 g/mol. The van der Waals surface area contributed by atoms with E-state index in [2.05, 4.69) is 10.3 Å². The number of amides is 3. The summed E-state index contributed by atoms with van der Waals surface area (Å²) in [6.45, 7) is 3.13. The zero-order valence-corrected chi connectivity index (χ0v) is 21.8. The summed E-state index contributed by atoms with van der Waals surface area (Å²) in [6.07, 6.45) is 6.09. The van der Waals surface area contributed by atoms with Crippen molar-refractivity contribution in [2.45, 2.75) is 19.8 Å². The van der Waals surface area contributed by atoms with Crippen molar-refractivity contribution in [3.63, 3.8) is 0 Å². The molecule has 0 atom stereocenters. The number of aryl methyl sites for hydroxylation is 1. The van der Waals surface area contributed by atoms with Crippen LogP contribution in [0, 0.1) is 12.8 Å². The van der Waals surface area contributed by atoms with Crippen LogP contribution in [0.5, 0.6) is 0 Å². The third-order valence-corrected chi connectivity index (χ3v) is 7.46. The molecule has 11 heteroatoms. The number of nitrogens with one attached hydrogen (secondary N) is 1. The molecular formula is C24H28N6O3S2. The van der Waals surface area contributed by atoms with E-state index >= 15 is 0 Å². The van der Waals surface area contributed by atoms with E-state index in [1.807, 2.05) is 44.1 Å². The SMILES string of the molecule is Cc1cc(N(C)C=O)ccc1/N=C1\S/C(=C\c2cnc(NC(=O)C3CC3)s2)C(=O)N1CCN(C)C. The van der Waals surface area contributed by atoms with Gasteiger partial charge >= 0.3 is 0 Å². The molecule has 0 unspecified atom stereocenters. The van der Waals surface area contributed by atoms with Gasteiger partial charge in [-0.05, 0) is 75.5 Å². The lowest BCUT2D eigenvalue weighted by molar-refractivity contribution is -0.122. The number of aliphatic imine (C=N–C) groups is 1. The van der Waals surface area contributed by atoms with Gasteiger partial charge in [0.1, 0.15) is 0 Å². The van der Waals surface area contributed by atoms with Gasteiger partial charge in [-0.25, -0.2) is 9.98 Å². The molecule has 4 rings (SSSR count). The van der Waals surface area contributed by atoms with E-state index in [1.165, 1.54) is 28.0 Å². The van der Waals surface area contributed by atoms with Crippen LogP contribution in [-0.4, -0.2) is 72.4 Å². The summed E-state index contributed by atoms with van der Waals surface area (Å²) in [5, 5.41) is 4.00. The largest absolute Gasteiger partial charge is 0.318 e. The van der Waals surface area contributed by atoms with Gasteiger partial charge in [0.2, 0.25) is 12.3 Å². The highest BCUT2D eigenvalue weighted by molar-refractivity contribution is 8.18. The van der Waals surface area contributed by atoms with Crippen LogP contribution in [0.4, 0.5) is 16.5 Å². The number of amidine groups is 1. The summed E-state index contributed by atoms with van der Waals surface area (Å²) in [6, 6.07) is 5.58. The first kappa shape index (κ1) is 25.1. The molecule has 3 amide bonds. The summed E-state index contributed by atoms with van der Waals surface area (Å²) in [5.41, 5.74) is 2.42. The molecule has 1 aliphatic carbocycles. The van der Waals surface area contributed by atoms with Gasteiger partial charge in [0, 0.05) is 37.9 Å². The van der Waals surface area contributed by atoms with E-state index < -0.39 is 0 Å². The first-order chi connectivity index (χ1) is 16.7. The van der Waals surface area contributed by atoms with Crippen molar-refractivity contribution in [1.29, 1.82) is 0 Å². The molecule has 1 saturated heterocycles. The Morgan fingerprint density at radius 1 is 1.31 bits per heavy atom. The average Bonchev–Trinajstić information content (AvgIpc) is 3.53. The standard InChI is InChI=1S/C24H28N6O3S2/c1-15-11-17(29(4)14-31)7-8-19(15)26-24-30(10-9-28(2)3)22(33)20(35-24)12-18-13-25-23(34-18)27-21(32)16-5-6-16/h7-8,11-14,16H,5-6,9-10H2,1-4H3,(H,25,27,32)/b20-12-,26-24-. The van der Waals surface area contributed by atoms with Crippen LogP contribution in [0.2, 0.25) is 0 Å². The summed E-state index contributed by atoms with van der Waals surface area (Å²) in [4.78, 5) is 52.0. The lowest BCUT2D eigenvalue weighted by atomic mass is 10.2. The Morgan fingerprint density at radius 2 is 2.09 bits per heavy atom. The fraction of sp³-hybridized carbons (Fsp3) is 0.375. The average molecular weight is 513 g/mol. The molecule has 1 aromatic heterocycles. The minimum Gasteiger partial charge on any atom is -0.318 e. The van der Waals surface area contributed by atoms with E-state index in [1.54, 1.807) is 24.2 Å². The fourth-order valence-electron chi connectivity index (χ4n) is 3.33. The first-order valence-electron chi connectivity index (χ1n) is 11.3. The second-order valence-corrected chi connectivity index (χ2v) is 10.9. The highest BCUT2D eigenvalue weighted by Crippen LogP contribution is 2.36. The van der Waals surface area contributed by atoms with Crippen molar-refractivity contribution >= 4 is 69.1 Å². The number of likely N-dealkylation sites (N-methyl/N-ethyl adjacent to an activating group) is 1. The number of nitrogens with zero attached hydrogens (tertiary/aromatic N) is 5. The number of rotatable bonds is 9. The molecule has 2 aromatic rings. The van der Waals surface area contributed by atoms with Crippen LogP contribution >= 0.6 is 23.1 Å². The summed E-state index contributed by atoms with van der Waals surface area (Å²) >= 11 is 2.67. The second kappa shape index (κ2) is 10.7. The third kappa shape index (κ3) is 6.16. The predicted octanol–water partition coefficient (Wildman–Crippen LogP) is 3.56. The highest BCUT2D eigenvalue weighted by atomic mass is 32.2. The number of thiazole rings is 1. The molecule has 184 valence electrons. The molecule has 35 heavy (non-hydrogen) atoms. The topological polar surface area (TPSA) is 98.2 Å². The predicted molar refractivity (Wildman–Crippen MR) is 142 cm³/mol. The van der Waals surface area contributed by atoms with Gasteiger partial charge in [0.05, 0.1) is 15.5 Å². The Kier molecular flexibility index (Phi) is 7.68. The zero-order chi connectivity index (χ0) is 25.1. The third-order valence-electron chi connectivity index (χ3n) is 5.60. The van der Waals surface area contributed by atoms with Gasteiger partial charge < -0.3 is 15.1 Å². The van der Waals surface area contributed by atoms with Crippen molar-refractivity contribution in [2.75, 3.05) is 44.4 Å². The quantitative estimate of drug-likeness (QED) is 0.408. The Labute approximate surface area is 212 Å². The molecule has 0 radical (unpaired) electrons. The second-order valence-electron chi connectivity index (χ2n) is 8.78. The van der Waals surface area contributed by atoms with Crippen molar-refractivity contribution < 1.29 is 14.4 Å². The maximum atomic E-state index is 13.3. The van der Waals surface area contributed by atoms with E-state index in [0.717, 1.165) is 41.1 Å². The van der Waals surface area contributed by atoms with Gasteiger partial charge in [-0.15, -0.1) is 0 Å². The Bertz CT molecular complexity index is 1200. The van der Waals surface area contributed by atoms with Gasteiger partial charge in [-0.3, -0.25) is 19.3 Å². The Morgan fingerprint density at radius 3 is 2.74 bits per heavy atom. The van der Waals surface area contributed by atoms with E-state index in [4.69, 9.17) is 4.99 Å². The van der Waals surface area contributed by atoms with Crippen molar-refractivity contribution in [3.8, 4) is 0 Å². The number of aromatic nitrogens is 1. The van der Waals surface area contributed by atoms with Crippen LogP contribution in [0.1, 0.15) is 23.3 Å². The van der Waals surface area contributed by atoms with Gasteiger partial charge in [0.25, 0.3) is 5.91 Å². The van der Waals surface area contributed by atoms with Crippen LogP contribution in [0.15, 0.2) is 34.3 Å². The van der Waals surface area contributed by atoms with E-state index in [-0.39, 0.29) is 17.7 Å². The number of hydrogen-bond acceptors (Lipinski definition) is 8. The van der Waals surface area contributed by atoms with E-state index in [9.17, 15) is 14.4 Å². The first-order valence-corrected chi connectivity index (χ1v) is 12.9. The minimum absolute atomic E-state index is 0.00914. The molecule has 1 N–H and O–H groups in total. The zero-order valence-electron chi connectivity index (χ0n) is 20.1. The molecule has 0 spiro atoms. The van der Waals surface area contributed by atoms with Crippen molar-refractivity contribution in [1.82, 2.24) is 14.8 Å². The maximum absolute atomic E-state index is 13.3. The summed E-state index contributed by atoms with van der Waals surface area (Å²) in [5.74, 6) is 0.00505. The maximum Gasteiger partial charge on any atom is 0.266 e. The lowest BCUT2D eigenvalue weighted by Crippen LogP contribution is -2.35. The highest BCUT2D eigenvalue weighted by Gasteiger charge is 2.34. The lowest BCUT2D eigenvalue weighted by Gasteiger charge is -2.19. The van der Waals surface area contributed by atoms with Gasteiger partial charge in [-0.1, -0.05) is 11.3 Å². The normalized spacial score (nSPS) is 18.1. The molecule has 2 aliphatic rings. The van der Waals surface area contributed by atoms with Crippen molar-refractivity contribution in [2.24, 2.45) is 10.9 Å². The molecule has 2 fully saturated rings. The molecule has 9 nitrogen and oxygen atoms in total. The fourth-order valence-corrected chi connectivity index (χ4v) is 5.18. The Hall–Kier alpha value is -3.02.